The van der Waals surface area contributed by atoms with Crippen LogP contribution >= 0.6 is 11.6 Å². The number of hydrogen-bond acceptors (Lipinski definition) is 3. The molecule has 188 valence electrons. The predicted octanol–water partition coefficient (Wildman–Crippen LogP) is 7.45. The summed E-state index contributed by atoms with van der Waals surface area (Å²) in [6, 6.07) is 13.5. The van der Waals surface area contributed by atoms with Crippen molar-refractivity contribution in [1.82, 2.24) is 4.57 Å². The Morgan fingerprint density at radius 3 is 2.36 bits per heavy atom. The monoisotopic (exact) mass is 521 g/mol. The molecule has 10 heteroatoms. The highest BCUT2D eigenvalue weighted by Gasteiger charge is 2.31. The Labute approximate surface area is 208 Å². The summed E-state index contributed by atoms with van der Waals surface area (Å²) >= 11 is 5.93. The third kappa shape index (κ3) is 5.26. The largest absolute Gasteiger partial charge is 0.479 e. The number of carbonyl (C=O) groups is 1. The Kier molecular flexibility index (Phi) is 6.86. The molecule has 4 aromatic rings. The van der Waals surface area contributed by atoms with Crippen LogP contribution in [0.5, 0.6) is 17.2 Å². The van der Waals surface area contributed by atoms with Crippen LogP contribution in [0.3, 0.4) is 0 Å². The van der Waals surface area contributed by atoms with E-state index >= 15 is 0 Å². The molecule has 1 heterocycles. The van der Waals surface area contributed by atoms with Gasteiger partial charge in [-0.2, -0.15) is 13.2 Å². The second kappa shape index (κ2) is 9.73. The molecule has 1 atom stereocenters. The van der Waals surface area contributed by atoms with Gasteiger partial charge >= 0.3 is 12.1 Å². The zero-order valence-electron chi connectivity index (χ0n) is 19.1. The number of fused-ring (bicyclic) bond motifs is 1. The number of halogens is 5. The van der Waals surface area contributed by atoms with E-state index < -0.39 is 29.6 Å². The molecule has 0 aliphatic rings. The van der Waals surface area contributed by atoms with Crippen LogP contribution in [0, 0.1) is 12.7 Å². The number of carboxylic acids is 1. The number of nitrogens with zero attached hydrogens (tertiary/aromatic N) is 1. The Balaban J connectivity index is 1.81. The molecule has 0 saturated heterocycles. The van der Waals surface area contributed by atoms with Gasteiger partial charge in [-0.25, -0.2) is 9.18 Å². The molecule has 4 rings (SSSR count). The first kappa shape index (κ1) is 25.4. The molecular weight excluding hydrogens is 502 g/mol. The van der Waals surface area contributed by atoms with Crippen LogP contribution in [0.4, 0.5) is 17.6 Å². The standard InChI is InChI=1S/C26H20ClF4NO4/c1-14-24(36-19-6-4-18(27)5-7-19)21-9-3-17(26(29,30)31)12-23(21)32(14)13-16-11-20(8-10-22(16)28)35-15(2)25(33)34/h3-12,15H,13H2,1-2H3,(H,33,34). The summed E-state index contributed by atoms with van der Waals surface area (Å²) in [4.78, 5) is 11.1. The zero-order valence-corrected chi connectivity index (χ0v) is 19.8. The van der Waals surface area contributed by atoms with E-state index in [0.717, 1.165) is 18.2 Å². The fourth-order valence-corrected chi connectivity index (χ4v) is 3.87. The highest BCUT2D eigenvalue weighted by Crippen LogP contribution is 2.40. The third-order valence-corrected chi connectivity index (χ3v) is 5.89. The van der Waals surface area contributed by atoms with Crippen LogP contribution in [0.25, 0.3) is 10.9 Å². The molecule has 0 aliphatic heterocycles. The molecule has 1 unspecified atom stereocenters. The number of rotatable bonds is 7. The van der Waals surface area contributed by atoms with Gasteiger partial charge in [0.05, 0.1) is 23.3 Å². The minimum Gasteiger partial charge on any atom is -0.479 e. The van der Waals surface area contributed by atoms with Gasteiger partial charge in [0.1, 0.15) is 17.3 Å². The fourth-order valence-electron chi connectivity index (χ4n) is 3.74. The first-order valence-electron chi connectivity index (χ1n) is 10.8. The van der Waals surface area contributed by atoms with Crippen molar-refractivity contribution in [3.05, 3.63) is 88.3 Å². The second-order valence-electron chi connectivity index (χ2n) is 8.14. The number of aromatic nitrogens is 1. The Morgan fingerprint density at radius 1 is 1.06 bits per heavy atom. The molecule has 0 saturated carbocycles. The van der Waals surface area contributed by atoms with Gasteiger partial charge in [-0.1, -0.05) is 11.6 Å². The topological polar surface area (TPSA) is 60.7 Å². The summed E-state index contributed by atoms with van der Waals surface area (Å²) in [7, 11) is 0. The van der Waals surface area contributed by atoms with Crippen molar-refractivity contribution in [3.8, 4) is 17.2 Å². The molecule has 5 nitrogen and oxygen atoms in total. The lowest BCUT2D eigenvalue weighted by Gasteiger charge is -2.14. The van der Waals surface area contributed by atoms with E-state index in [-0.39, 0.29) is 23.4 Å². The van der Waals surface area contributed by atoms with Crippen LogP contribution in [0.2, 0.25) is 5.02 Å². The molecule has 0 spiro atoms. The van der Waals surface area contributed by atoms with Crippen molar-refractivity contribution in [3.63, 3.8) is 0 Å². The minimum absolute atomic E-state index is 0.0977. The number of benzene rings is 3. The lowest BCUT2D eigenvalue weighted by molar-refractivity contribution is -0.144. The summed E-state index contributed by atoms with van der Waals surface area (Å²) in [5.41, 5.74) is -0.111. The van der Waals surface area contributed by atoms with E-state index in [1.165, 1.54) is 29.7 Å². The van der Waals surface area contributed by atoms with Gasteiger partial charge in [0.25, 0.3) is 0 Å². The summed E-state index contributed by atoms with van der Waals surface area (Å²) < 4.78 is 68.1. The molecule has 1 aromatic heterocycles. The predicted molar refractivity (Wildman–Crippen MR) is 126 cm³/mol. The van der Waals surface area contributed by atoms with Gasteiger partial charge in [0.2, 0.25) is 0 Å². The zero-order chi connectivity index (χ0) is 26.2. The van der Waals surface area contributed by atoms with E-state index in [1.807, 2.05) is 0 Å². The molecule has 3 aromatic carbocycles. The van der Waals surface area contributed by atoms with Gasteiger partial charge in [-0.05, 0) is 74.5 Å². The van der Waals surface area contributed by atoms with Crippen molar-refractivity contribution < 1.29 is 36.9 Å². The van der Waals surface area contributed by atoms with E-state index in [4.69, 9.17) is 26.2 Å². The Bertz CT molecular complexity index is 1430. The summed E-state index contributed by atoms with van der Waals surface area (Å²) in [5.74, 6) is -0.974. The molecule has 0 radical (unpaired) electrons. The smallest absolute Gasteiger partial charge is 0.416 e. The van der Waals surface area contributed by atoms with E-state index in [9.17, 15) is 22.4 Å². The van der Waals surface area contributed by atoms with Crippen molar-refractivity contribution >= 4 is 28.5 Å². The number of ether oxygens (including phenoxy) is 2. The van der Waals surface area contributed by atoms with Crippen LogP contribution in [-0.4, -0.2) is 21.7 Å². The number of alkyl halides is 3. The van der Waals surface area contributed by atoms with Crippen molar-refractivity contribution in [2.75, 3.05) is 0 Å². The normalized spacial score (nSPS) is 12.5. The van der Waals surface area contributed by atoms with Crippen molar-refractivity contribution in [2.24, 2.45) is 0 Å². The average molecular weight is 522 g/mol. The summed E-state index contributed by atoms with van der Waals surface area (Å²) in [6.45, 7) is 2.83. The van der Waals surface area contributed by atoms with E-state index in [0.29, 0.717) is 27.6 Å². The average Bonchev–Trinajstić information content (AvgIpc) is 3.07. The number of aliphatic carboxylic acids is 1. The minimum atomic E-state index is -4.58. The summed E-state index contributed by atoms with van der Waals surface area (Å²) in [6.07, 6.45) is -5.76. The second-order valence-corrected chi connectivity index (χ2v) is 8.57. The van der Waals surface area contributed by atoms with Gasteiger partial charge in [-0.3, -0.25) is 0 Å². The van der Waals surface area contributed by atoms with Gasteiger partial charge in [0.15, 0.2) is 11.9 Å². The van der Waals surface area contributed by atoms with Crippen molar-refractivity contribution in [2.45, 2.75) is 32.7 Å². The molecule has 0 aliphatic carbocycles. The Hall–Kier alpha value is -3.72. The quantitative estimate of drug-likeness (QED) is 0.256. The maximum atomic E-state index is 14.7. The first-order chi connectivity index (χ1) is 16.9. The van der Waals surface area contributed by atoms with Crippen LogP contribution in [0.1, 0.15) is 23.7 Å². The van der Waals surface area contributed by atoms with E-state index in [2.05, 4.69) is 0 Å². The van der Waals surface area contributed by atoms with Gasteiger partial charge in [0, 0.05) is 16.0 Å². The molecule has 36 heavy (non-hydrogen) atoms. The highest BCUT2D eigenvalue weighted by molar-refractivity contribution is 6.30. The van der Waals surface area contributed by atoms with Crippen LogP contribution in [-0.2, 0) is 17.5 Å². The van der Waals surface area contributed by atoms with Crippen molar-refractivity contribution in [1.29, 1.82) is 0 Å². The number of carboxylic acid groups (broad SMARTS) is 1. The maximum absolute atomic E-state index is 14.7. The molecule has 0 amide bonds. The lowest BCUT2D eigenvalue weighted by Crippen LogP contribution is -2.23. The maximum Gasteiger partial charge on any atom is 0.416 e. The Morgan fingerprint density at radius 2 is 1.72 bits per heavy atom. The molecule has 1 N–H and O–H groups in total. The summed E-state index contributed by atoms with van der Waals surface area (Å²) in [5, 5.41) is 9.97. The molecule has 0 fully saturated rings. The SMILES string of the molecule is Cc1c(Oc2ccc(Cl)cc2)c2ccc(C(F)(F)F)cc2n1Cc1cc(OC(C)C(=O)O)ccc1F. The van der Waals surface area contributed by atoms with E-state index in [1.54, 1.807) is 31.2 Å². The van der Waals surface area contributed by atoms with Crippen LogP contribution in [0.15, 0.2) is 60.7 Å². The highest BCUT2D eigenvalue weighted by atomic mass is 35.5. The van der Waals surface area contributed by atoms with Crippen LogP contribution < -0.4 is 9.47 Å². The van der Waals surface area contributed by atoms with Gasteiger partial charge in [-0.15, -0.1) is 0 Å². The lowest BCUT2D eigenvalue weighted by atomic mass is 10.1. The fraction of sp³-hybridized carbons (Fsp3) is 0.192. The van der Waals surface area contributed by atoms with Gasteiger partial charge < -0.3 is 19.1 Å². The third-order valence-electron chi connectivity index (χ3n) is 5.63. The molecular formula is C26H20ClF4NO4. The first-order valence-corrected chi connectivity index (χ1v) is 11.1. The molecule has 0 bridgehead atoms. The number of hydrogen-bond donors (Lipinski definition) is 1.